The molecule has 0 spiro atoms. The second-order valence-electron chi connectivity index (χ2n) is 4.03. The summed E-state index contributed by atoms with van der Waals surface area (Å²) in [7, 11) is 0. The SMILES string of the molecule is CCc1c(N)c(=O)n(-c2cccc(Br)c2)n1CC. The highest BCUT2D eigenvalue weighted by Gasteiger charge is 2.16. The average molecular weight is 310 g/mol. The quantitative estimate of drug-likeness (QED) is 0.947. The number of halogens is 1. The molecule has 0 atom stereocenters. The summed E-state index contributed by atoms with van der Waals surface area (Å²) in [5, 5.41) is 0. The largest absolute Gasteiger partial charge is 0.393 e. The molecule has 0 saturated heterocycles. The van der Waals surface area contributed by atoms with Crippen LogP contribution in [0, 0.1) is 0 Å². The topological polar surface area (TPSA) is 53.0 Å². The Morgan fingerprint density at radius 3 is 2.61 bits per heavy atom. The van der Waals surface area contributed by atoms with Crippen molar-refractivity contribution in [2.75, 3.05) is 5.73 Å². The van der Waals surface area contributed by atoms with Gasteiger partial charge in [-0.25, -0.2) is 4.68 Å². The highest BCUT2D eigenvalue weighted by Crippen LogP contribution is 2.17. The molecular weight excluding hydrogens is 294 g/mol. The molecule has 2 rings (SSSR count). The molecule has 0 unspecified atom stereocenters. The predicted molar refractivity (Wildman–Crippen MR) is 77.2 cm³/mol. The van der Waals surface area contributed by atoms with Crippen LogP contribution in [0.5, 0.6) is 0 Å². The van der Waals surface area contributed by atoms with Crippen LogP contribution in [0.15, 0.2) is 33.5 Å². The molecule has 96 valence electrons. The van der Waals surface area contributed by atoms with Crippen molar-refractivity contribution < 1.29 is 0 Å². The number of nitrogen functional groups attached to an aromatic ring is 1. The van der Waals surface area contributed by atoms with Gasteiger partial charge >= 0.3 is 0 Å². The molecule has 0 aliphatic carbocycles. The predicted octanol–water partition coefficient (Wildman–Crippen LogP) is 2.57. The number of nitrogens with two attached hydrogens (primary N) is 1. The number of hydrogen-bond acceptors (Lipinski definition) is 2. The van der Waals surface area contributed by atoms with E-state index in [-0.39, 0.29) is 5.56 Å². The van der Waals surface area contributed by atoms with Gasteiger partial charge in [0.2, 0.25) is 0 Å². The van der Waals surface area contributed by atoms with Gasteiger partial charge in [0.1, 0.15) is 5.69 Å². The summed E-state index contributed by atoms with van der Waals surface area (Å²) in [6.45, 7) is 4.72. The number of rotatable bonds is 3. The van der Waals surface area contributed by atoms with E-state index in [1.807, 2.05) is 42.8 Å². The standard InChI is InChI=1S/C13H16BrN3O/c1-3-11-12(15)13(18)17(16(11)4-2)10-7-5-6-9(14)8-10/h5-8H,3-4,15H2,1-2H3. The minimum atomic E-state index is -0.146. The van der Waals surface area contributed by atoms with E-state index in [4.69, 9.17) is 5.73 Å². The third-order valence-electron chi connectivity index (χ3n) is 2.97. The first-order valence-corrected chi connectivity index (χ1v) is 6.75. The first kappa shape index (κ1) is 13.0. The van der Waals surface area contributed by atoms with Crippen LogP contribution in [0.3, 0.4) is 0 Å². The van der Waals surface area contributed by atoms with Crippen molar-refractivity contribution >= 4 is 21.6 Å². The number of anilines is 1. The summed E-state index contributed by atoms with van der Waals surface area (Å²) in [4.78, 5) is 12.2. The molecule has 0 radical (unpaired) electrons. The van der Waals surface area contributed by atoms with Crippen molar-refractivity contribution in [3.8, 4) is 5.69 Å². The van der Waals surface area contributed by atoms with Crippen molar-refractivity contribution in [1.82, 2.24) is 9.36 Å². The maximum atomic E-state index is 12.2. The van der Waals surface area contributed by atoms with Crippen molar-refractivity contribution in [2.45, 2.75) is 26.8 Å². The Morgan fingerprint density at radius 2 is 2.06 bits per heavy atom. The summed E-state index contributed by atoms with van der Waals surface area (Å²) in [5.41, 5.74) is 7.81. The molecule has 2 N–H and O–H groups in total. The number of nitrogens with zero attached hydrogens (tertiary/aromatic N) is 2. The highest BCUT2D eigenvalue weighted by molar-refractivity contribution is 9.10. The Labute approximate surface area is 114 Å². The first-order valence-electron chi connectivity index (χ1n) is 5.96. The molecule has 4 nitrogen and oxygen atoms in total. The normalized spacial score (nSPS) is 10.8. The lowest BCUT2D eigenvalue weighted by molar-refractivity contribution is 0.551. The van der Waals surface area contributed by atoms with E-state index < -0.39 is 0 Å². The third kappa shape index (κ3) is 1.99. The van der Waals surface area contributed by atoms with Gasteiger partial charge in [-0.2, -0.15) is 0 Å². The smallest absolute Gasteiger partial charge is 0.294 e. The molecule has 1 aromatic heterocycles. The fraction of sp³-hybridized carbons (Fsp3) is 0.308. The zero-order valence-corrected chi connectivity index (χ0v) is 12.1. The van der Waals surface area contributed by atoms with Crippen LogP contribution in [-0.2, 0) is 13.0 Å². The Balaban J connectivity index is 2.75. The number of hydrogen-bond donors (Lipinski definition) is 1. The van der Waals surface area contributed by atoms with Crippen LogP contribution in [0.25, 0.3) is 5.69 Å². The second-order valence-corrected chi connectivity index (χ2v) is 4.94. The van der Waals surface area contributed by atoms with E-state index in [9.17, 15) is 4.79 Å². The van der Waals surface area contributed by atoms with E-state index >= 15 is 0 Å². The van der Waals surface area contributed by atoms with Gasteiger partial charge in [0.05, 0.1) is 11.4 Å². The fourth-order valence-corrected chi connectivity index (χ4v) is 2.56. The van der Waals surface area contributed by atoms with Gasteiger partial charge in [0, 0.05) is 11.0 Å². The fourth-order valence-electron chi connectivity index (χ4n) is 2.18. The van der Waals surface area contributed by atoms with Crippen molar-refractivity contribution in [2.24, 2.45) is 0 Å². The Hall–Kier alpha value is -1.49. The van der Waals surface area contributed by atoms with Gasteiger partial charge in [-0.3, -0.25) is 9.48 Å². The average Bonchev–Trinajstić information content (AvgIpc) is 2.61. The van der Waals surface area contributed by atoms with Crippen LogP contribution in [-0.4, -0.2) is 9.36 Å². The van der Waals surface area contributed by atoms with Gasteiger partial charge in [-0.05, 0) is 31.5 Å². The van der Waals surface area contributed by atoms with Crippen LogP contribution in [0.1, 0.15) is 19.5 Å². The maximum Gasteiger partial charge on any atom is 0.294 e. The van der Waals surface area contributed by atoms with E-state index in [0.717, 1.165) is 22.3 Å². The summed E-state index contributed by atoms with van der Waals surface area (Å²) >= 11 is 3.42. The molecule has 1 heterocycles. The zero-order valence-electron chi connectivity index (χ0n) is 10.5. The molecule has 0 aliphatic heterocycles. The lowest BCUT2D eigenvalue weighted by Gasteiger charge is -2.12. The van der Waals surface area contributed by atoms with Crippen molar-refractivity contribution in [1.29, 1.82) is 0 Å². The molecule has 0 aliphatic rings. The molecule has 18 heavy (non-hydrogen) atoms. The van der Waals surface area contributed by atoms with E-state index in [1.54, 1.807) is 4.68 Å². The second kappa shape index (κ2) is 5.02. The summed E-state index contributed by atoms with van der Waals surface area (Å²) in [6.07, 6.45) is 0.746. The van der Waals surface area contributed by atoms with Gasteiger partial charge in [-0.15, -0.1) is 0 Å². The first-order chi connectivity index (χ1) is 8.60. The van der Waals surface area contributed by atoms with Crippen molar-refractivity contribution in [3.05, 3.63) is 44.8 Å². The lowest BCUT2D eigenvalue weighted by atomic mass is 10.3. The van der Waals surface area contributed by atoms with E-state index in [2.05, 4.69) is 15.9 Å². The van der Waals surface area contributed by atoms with E-state index in [1.165, 1.54) is 0 Å². The van der Waals surface area contributed by atoms with Crippen molar-refractivity contribution in [3.63, 3.8) is 0 Å². The van der Waals surface area contributed by atoms with Crippen LogP contribution < -0.4 is 11.3 Å². The Kier molecular flexibility index (Phi) is 3.61. The van der Waals surface area contributed by atoms with Gasteiger partial charge < -0.3 is 5.73 Å². The van der Waals surface area contributed by atoms with Gasteiger partial charge in [0.25, 0.3) is 5.56 Å². The highest BCUT2D eigenvalue weighted by atomic mass is 79.9. The molecule has 0 amide bonds. The molecule has 5 heteroatoms. The zero-order chi connectivity index (χ0) is 13.3. The van der Waals surface area contributed by atoms with Gasteiger partial charge in [-0.1, -0.05) is 28.9 Å². The van der Waals surface area contributed by atoms with Crippen LogP contribution in [0.4, 0.5) is 5.69 Å². The third-order valence-corrected chi connectivity index (χ3v) is 3.47. The number of aromatic nitrogens is 2. The lowest BCUT2D eigenvalue weighted by Crippen LogP contribution is -2.22. The molecule has 0 fully saturated rings. The van der Waals surface area contributed by atoms with E-state index in [0.29, 0.717) is 12.2 Å². The minimum Gasteiger partial charge on any atom is -0.393 e. The Bertz CT molecular complexity index is 628. The summed E-state index contributed by atoms with van der Waals surface area (Å²) in [6, 6.07) is 7.64. The number of benzene rings is 1. The summed E-state index contributed by atoms with van der Waals surface area (Å²) in [5.74, 6) is 0. The summed E-state index contributed by atoms with van der Waals surface area (Å²) < 4.78 is 4.51. The molecule has 1 aromatic carbocycles. The maximum absolute atomic E-state index is 12.2. The molecule has 0 bridgehead atoms. The van der Waals surface area contributed by atoms with Crippen LogP contribution in [0.2, 0.25) is 0 Å². The Morgan fingerprint density at radius 1 is 1.33 bits per heavy atom. The molecule has 2 aromatic rings. The molecule has 0 saturated carbocycles. The van der Waals surface area contributed by atoms with Gasteiger partial charge in [0.15, 0.2) is 0 Å². The monoisotopic (exact) mass is 309 g/mol. The minimum absolute atomic E-state index is 0.146. The van der Waals surface area contributed by atoms with Crippen LogP contribution >= 0.6 is 15.9 Å². The molecular formula is C13H16BrN3O.